The van der Waals surface area contributed by atoms with Crippen molar-refractivity contribution >= 4 is 17.1 Å². The van der Waals surface area contributed by atoms with Crippen LogP contribution < -0.4 is 0 Å². The van der Waals surface area contributed by atoms with Gasteiger partial charge in [-0.2, -0.15) is 13.2 Å². The molecule has 0 N–H and O–H groups in total. The van der Waals surface area contributed by atoms with Crippen LogP contribution in [0.15, 0.2) is 30.3 Å². The fourth-order valence-electron chi connectivity index (χ4n) is 0.908. The summed E-state index contributed by atoms with van der Waals surface area (Å²) in [6.07, 6.45) is -5.24. The average molecular weight is 204 g/mol. The maximum atomic E-state index is 11.9. The zero-order valence-corrected chi connectivity index (χ0v) is 7.45. The molecule has 1 aromatic rings. The first-order valence-electron chi connectivity index (χ1n) is 3.64. The van der Waals surface area contributed by atoms with Crippen molar-refractivity contribution < 1.29 is 13.2 Å². The minimum absolute atomic E-state index is 0.0619. The summed E-state index contributed by atoms with van der Waals surface area (Å²) in [5.74, 6) is 0. The van der Waals surface area contributed by atoms with Gasteiger partial charge in [0, 0.05) is 4.86 Å². The van der Waals surface area contributed by atoms with Crippen LogP contribution >= 0.6 is 12.2 Å². The van der Waals surface area contributed by atoms with E-state index >= 15 is 0 Å². The molecule has 0 saturated carbocycles. The third-order valence-electron chi connectivity index (χ3n) is 1.46. The summed E-state index contributed by atoms with van der Waals surface area (Å²) < 4.78 is 35.7. The zero-order chi connectivity index (χ0) is 9.90. The van der Waals surface area contributed by atoms with Gasteiger partial charge in [-0.15, -0.1) is 0 Å². The number of hydrogen-bond donors (Lipinski definition) is 0. The van der Waals surface area contributed by atoms with Gasteiger partial charge in [0.2, 0.25) is 0 Å². The van der Waals surface area contributed by atoms with Gasteiger partial charge in [0.05, 0.1) is 6.42 Å². The molecule has 0 nitrogen and oxygen atoms in total. The van der Waals surface area contributed by atoms with Gasteiger partial charge in [0.15, 0.2) is 0 Å². The van der Waals surface area contributed by atoms with E-state index in [9.17, 15) is 13.2 Å². The lowest BCUT2D eigenvalue weighted by molar-refractivity contribution is -0.120. The minimum atomic E-state index is -4.22. The van der Waals surface area contributed by atoms with Gasteiger partial charge in [0.1, 0.15) is 0 Å². The molecule has 0 atom stereocenters. The predicted octanol–water partition coefficient (Wildman–Crippen LogP) is 3.36. The normalized spacial score (nSPS) is 11.3. The third-order valence-corrected chi connectivity index (χ3v) is 1.84. The second-order valence-corrected chi connectivity index (χ2v) is 3.07. The highest BCUT2D eigenvalue weighted by atomic mass is 32.1. The van der Waals surface area contributed by atoms with Gasteiger partial charge in [-0.25, -0.2) is 0 Å². The van der Waals surface area contributed by atoms with Crippen molar-refractivity contribution in [1.29, 1.82) is 0 Å². The Balaban J connectivity index is 2.71. The van der Waals surface area contributed by atoms with E-state index in [1.54, 1.807) is 30.3 Å². The molecule has 0 aliphatic rings. The lowest BCUT2D eigenvalue weighted by Crippen LogP contribution is -2.13. The summed E-state index contributed by atoms with van der Waals surface area (Å²) >= 11 is 4.65. The van der Waals surface area contributed by atoms with E-state index in [0.717, 1.165) is 0 Å². The van der Waals surface area contributed by atoms with Crippen molar-refractivity contribution in [3.63, 3.8) is 0 Å². The fourth-order valence-corrected chi connectivity index (χ4v) is 1.21. The van der Waals surface area contributed by atoms with Crippen LogP contribution in [0.25, 0.3) is 0 Å². The average Bonchev–Trinajstić information content (AvgIpc) is 2.03. The number of alkyl halides is 3. The maximum Gasteiger partial charge on any atom is 0.393 e. The molecule has 0 aliphatic carbocycles. The highest BCUT2D eigenvalue weighted by molar-refractivity contribution is 7.80. The highest BCUT2D eigenvalue weighted by Gasteiger charge is 2.29. The van der Waals surface area contributed by atoms with Crippen molar-refractivity contribution in [1.82, 2.24) is 0 Å². The largest absolute Gasteiger partial charge is 0.393 e. The van der Waals surface area contributed by atoms with E-state index in [1.807, 2.05) is 0 Å². The molecule has 4 heteroatoms. The standard InChI is InChI=1S/C9H7F3S/c10-9(11,12)6-8(13)7-4-2-1-3-5-7/h1-5H,6H2. The quantitative estimate of drug-likeness (QED) is 0.525. The lowest BCUT2D eigenvalue weighted by Gasteiger charge is -2.06. The summed E-state index contributed by atoms with van der Waals surface area (Å²) in [5.41, 5.74) is 0.467. The number of hydrogen-bond acceptors (Lipinski definition) is 1. The molecule has 0 amide bonds. The molecule has 0 fully saturated rings. The van der Waals surface area contributed by atoms with E-state index in [4.69, 9.17) is 0 Å². The molecule has 70 valence electrons. The molecule has 13 heavy (non-hydrogen) atoms. The van der Waals surface area contributed by atoms with Gasteiger partial charge in [-0.1, -0.05) is 42.5 Å². The van der Waals surface area contributed by atoms with Crippen LogP contribution in [0, 0.1) is 0 Å². The van der Waals surface area contributed by atoms with Crippen LogP contribution in [-0.4, -0.2) is 11.0 Å². The van der Waals surface area contributed by atoms with Crippen LogP contribution in [0.1, 0.15) is 12.0 Å². The molecular formula is C9H7F3S. The summed E-state index contributed by atoms with van der Waals surface area (Å²) in [5, 5.41) is 0. The molecule has 1 rings (SSSR count). The number of halogens is 3. The Morgan fingerprint density at radius 1 is 1.15 bits per heavy atom. The molecule has 0 heterocycles. The van der Waals surface area contributed by atoms with E-state index in [2.05, 4.69) is 12.2 Å². The SMILES string of the molecule is FC(F)(F)CC(=S)c1ccccc1. The molecular weight excluding hydrogens is 197 g/mol. The molecule has 0 saturated heterocycles. The first-order valence-corrected chi connectivity index (χ1v) is 4.05. The molecule has 0 unspecified atom stereocenters. The fraction of sp³-hybridized carbons (Fsp3) is 0.222. The van der Waals surface area contributed by atoms with Crippen LogP contribution in [0.5, 0.6) is 0 Å². The number of rotatable bonds is 2. The van der Waals surface area contributed by atoms with Crippen LogP contribution in [0.4, 0.5) is 13.2 Å². The Morgan fingerprint density at radius 3 is 2.15 bits per heavy atom. The molecule has 1 aromatic carbocycles. The Kier molecular flexibility index (Phi) is 3.03. The first-order chi connectivity index (χ1) is 5.99. The second kappa shape index (κ2) is 3.87. The highest BCUT2D eigenvalue weighted by Crippen LogP contribution is 2.22. The first kappa shape index (κ1) is 10.2. The Morgan fingerprint density at radius 2 is 1.69 bits per heavy atom. The Labute approximate surface area is 79.4 Å². The zero-order valence-electron chi connectivity index (χ0n) is 6.64. The molecule has 0 aromatic heterocycles. The smallest absolute Gasteiger partial charge is 0.171 e. The second-order valence-electron chi connectivity index (χ2n) is 2.58. The molecule has 0 aliphatic heterocycles. The summed E-state index contributed by atoms with van der Waals surface area (Å²) in [4.78, 5) is -0.0619. The summed E-state index contributed by atoms with van der Waals surface area (Å²) in [7, 11) is 0. The molecule has 0 bridgehead atoms. The number of thiocarbonyl (C=S) groups is 1. The van der Waals surface area contributed by atoms with Crippen molar-refractivity contribution in [3.05, 3.63) is 35.9 Å². The van der Waals surface area contributed by atoms with Crippen molar-refractivity contribution in [2.75, 3.05) is 0 Å². The van der Waals surface area contributed by atoms with Gasteiger partial charge in [-0.3, -0.25) is 0 Å². The molecule has 0 spiro atoms. The Hall–Kier alpha value is -0.900. The van der Waals surface area contributed by atoms with Crippen molar-refractivity contribution in [3.8, 4) is 0 Å². The van der Waals surface area contributed by atoms with Crippen molar-refractivity contribution in [2.45, 2.75) is 12.6 Å². The predicted molar refractivity (Wildman–Crippen MR) is 48.8 cm³/mol. The van der Waals surface area contributed by atoms with Crippen molar-refractivity contribution in [2.24, 2.45) is 0 Å². The third kappa shape index (κ3) is 3.55. The van der Waals surface area contributed by atoms with E-state index in [1.165, 1.54) is 0 Å². The Bertz CT molecular complexity index is 289. The van der Waals surface area contributed by atoms with Gasteiger partial charge < -0.3 is 0 Å². The monoisotopic (exact) mass is 204 g/mol. The van der Waals surface area contributed by atoms with E-state index in [0.29, 0.717) is 5.56 Å². The van der Waals surface area contributed by atoms with Crippen LogP contribution in [-0.2, 0) is 0 Å². The summed E-state index contributed by atoms with van der Waals surface area (Å²) in [6.45, 7) is 0. The number of benzene rings is 1. The van der Waals surface area contributed by atoms with Gasteiger partial charge in [0.25, 0.3) is 0 Å². The van der Waals surface area contributed by atoms with E-state index in [-0.39, 0.29) is 4.86 Å². The van der Waals surface area contributed by atoms with Crippen LogP contribution in [0.2, 0.25) is 0 Å². The maximum absolute atomic E-state index is 11.9. The van der Waals surface area contributed by atoms with Crippen LogP contribution in [0.3, 0.4) is 0 Å². The van der Waals surface area contributed by atoms with Gasteiger partial charge >= 0.3 is 6.18 Å². The minimum Gasteiger partial charge on any atom is -0.171 e. The van der Waals surface area contributed by atoms with E-state index < -0.39 is 12.6 Å². The van der Waals surface area contributed by atoms with Gasteiger partial charge in [-0.05, 0) is 5.56 Å². The lowest BCUT2D eigenvalue weighted by atomic mass is 10.1. The summed E-state index contributed by atoms with van der Waals surface area (Å²) in [6, 6.07) is 8.22. The molecule has 0 radical (unpaired) electrons. The topological polar surface area (TPSA) is 0 Å².